The first kappa shape index (κ1) is 148. The molecule has 0 aromatic carbocycles. The molecule has 0 N–H and O–H groups in total. The van der Waals surface area contributed by atoms with Crippen LogP contribution in [0.25, 0.3) is 0 Å². The van der Waals surface area contributed by atoms with Crippen LogP contribution in [0, 0.1) is 325 Å². The molecular weight excluding hydrogens is 1830 g/mol. The van der Waals surface area contributed by atoms with Gasteiger partial charge in [0, 0.05) is 0 Å². The Balaban J connectivity index is -0.0000000972. The van der Waals surface area contributed by atoms with E-state index < -0.39 is 0 Å². The molecule has 688 valence electrons. The third kappa shape index (κ3) is 36.9. The SMILES string of the molecule is C1=C2CCCC2=CC2CCCC12.CC(C)(C)C1=CC2CC3C=C(C(C)(C)C)C=CC3C2C=C1.CC(C)CC1CCC2C=C3CCCC3=CC21.CC1C(C)C(C)C(C)C1C.CC1C(C)C(C)C(C)C1C.CC1C(C)C(C)C(C)C1C.CC1C(C)C(C)C(C)C1C.CC1CCC2C=CC=CC12.[CH3-].[CH3-].[CH3-].[CH3-].[CH3-].[CH3-].[CH3-].[CH3-].[CH3-].[CH3-].[CH3-].[CH3-].[CH3-].[CH3-].[CH3-].[CH3-].[Hf+4].[Zr+4].[Zr+4].[Zr+4]. The number of rotatable bonds is 2. The maximum Gasteiger partial charge on any atom is 4.00 e. The third-order valence-electron chi connectivity index (χ3n) is 33.5. The van der Waals surface area contributed by atoms with Gasteiger partial charge in [-0.25, -0.2) is 0 Å². The number of allylic oxidation sites excluding steroid dienone is 20. The van der Waals surface area contributed by atoms with E-state index in [1.807, 2.05) is 0 Å². The molecule has 4 heteroatoms. The Bertz CT molecular complexity index is 2530. The first-order valence-electron chi connectivity index (χ1n) is 43.4. The van der Waals surface area contributed by atoms with Crippen molar-refractivity contribution in [2.24, 2.45) is 206 Å². The van der Waals surface area contributed by atoms with Gasteiger partial charge in [0.1, 0.15) is 0 Å². The minimum absolute atomic E-state index is 0. The molecule has 0 radical (unpaired) electrons. The Morgan fingerprint density at radius 3 is 0.798 bits per heavy atom. The van der Waals surface area contributed by atoms with Crippen molar-refractivity contribution in [2.75, 3.05) is 0 Å². The fourth-order valence-corrected chi connectivity index (χ4v) is 23.2. The van der Waals surface area contributed by atoms with Gasteiger partial charge >= 0.3 is 104 Å². The largest absolute Gasteiger partial charge is 4.00 e. The summed E-state index contributed by atoms with van der Waals surface area (Å²) in [4.78, 5) is 0. The molecule has 15 aliphatic carbocycles. The summed E-state index contributed by atoms with van der Waals surface area (Å²) in [6.07, 6.45) is 55.7. The van der Waals surface area contributed by atoms with Crippen LogP contribution >= 0.6 is 0 Å². The summed E-state index contributed by atoms with van der Waals surface area (Å²) in [5, 5.41) is 0. The zero-order chi connectivity index (χ0) is 73.0. The van der Waals surface area contributed by atoms with E-state index in [0.717, 1.165) is 195 Å². The first-order chi connectivity index (χ1) is 46.4. The predicted octanol–water partition coefficient (Wildman–Crippen LogP) is 36.8. The average Bonchev–Trinajstić information content (AvgIpc) is 1.62. The van der Waals surface area contributed by atoms with Gasteiger partial charge in [-0.15, -0.1) is 0 Å². The van der Waals surface area contributed by atoms with Gasteiger partial charge in [-0.2, -0.15) is 0 Å². The van der Waals surface area contributed by atoms with E-state index in [-0.39, 0.29) is 234 Å². The second kappa shape index (κ2) is 65.5. The fourth-order valence-electron chi connectivity index (χ4n) is 23.2. The van der Waals surface area contributed by atoms with E-state index in [4.69, 9.17) is 0 Å². The maximum atomic E-state index is 2.67. The maximum absolute atomic E-state index is 2.67. The molecule has 0 saturated heterocycles. The summed E-state index contributed by atoms with van der Waals surface area (Å²) in [7, 11) is 0. The molecule has 15 rings (SSSR count). The molecule has 0 aliphatic heterocycles. The zero-order valence-electron chi connectivity index (χ0n) is 88.7. The Morgan fingerprint density at radius 2 is 0.529 bits per heavy atom. The van der Waals surface area contributed by atoms with Crippen LogP contribution in [0.3, 0.4) is 0 Å². The number of hydrogen-bond acceptors (Lipinski definition) is 0. The summed E-state index contributed by atoms with van der Waals surface area (Å²) < 4.78 is 0. The van der Waals surface area contributed by atoms with Crippen molar-refractivity contribution >= 4 is 0 Å². The van der Waals surface area contributed by atoms with Gasteiger partial charge in [0.25, 0.3) is 0 Å². The normalized spacial score (nSPS) is 37.4. The Hall–Kier alpha value is 0.919. The molecule has 0 bridgehead atoms. The summed E-state index contributed by atoms with van der Waals surface area (Å²) in [6, 6.07) is 0. The van der Waals surface area contributed by atoms with Crippen LogP contribution in [0.15, 0.2) is 119 Å². The first-order valence-corrected chi connectivity index (χ1v) is 43.4. The molecule has 0 aromatic heterocycles. The van der Waals surface area contributed by atoms with Crippen LogP contribution in [0.2, 0.25) is 0 Å². The van der Waals surface area contributed by atoms with E-state index in [1.54, 1.807) is 22.3 Å². The summed E-state index contributed by atoms with van der Waals surface area (Å²) in [6.45, 7) is 69.0. The molecule has 0 heterocycles. The monoisotopic (exact) mass is 2040 g/mol. The zero-order valence-corrected chi connectivity index (χ0v) is 99.7. The molecule has 12 unspecified atom stereocenters. The van der Waals surface area contributed by atoms with Gasteiger partial charge < -0.3 is 119 Å². The van der Waals surface area contributed by atoms with Crippen molar-refractivity contribution in [3.63, 3.8) is 0 Å². The molecule has 10 saturated carbocycles. The van der Waals surface area contributed by atoms with E-state index in [2.05, 4.69) is 286 Å². The average molecular weight is 2050 g/mol. The molecule has 0 nitrogen and oxygen atoms in total. The molecule has 15 aliphatic rings. The van der Waals surface area contributed by atoms with Crippen LogP contribution in [0.1, 0.15) is 297 Å². The van der Waals surface area contributed by atoms with Crippen LogP contribution in [-0.2, 0) is 104 Å². The van der Waals surface area contributed by atoms with E-state index in [0.29, 0.717) is 0 Å². The smallest absolute Gasteiger partial charge is 0.358 e. The predicted molar refractivity (Wildman–Crippen MR) is 542 cm³/mol. The minimum atomic E-state index is 0. The van der Waals surface area contributed by atoms with Gasteiger partial charge in [-0.1, -0.05) is 292 Å². The number of fused-ring (bicyclic) bond motifs is 8. The van der Waals surface area contributed by atoms with Gasteiger partial charge in [0.05, 0.1) is 0 Å². The van der Waals surface area contributed by atoms with Crippen molar-refractivity contribution in [3.05, 3.63) is 237 Å². The summed E-state index contributed by atoms with van der Waals surface area (Å²) in [5.74, 6) is 29.8. The molecule has 12 atom stereocenters. The molecular formula is C115H212HfZr3. The Labute approximate surface area is 836 Å². The van der Waals surface area contributed by atoms with E-state index >= 15 is 0 Å². The summed E-state index contributed by atoms with van der Waals surface area (Å²) >= 11 is 0. The fraction of sp³-hybridized carbons (Fsp3) is 0.687. The third-order valence-corrected chi connectivity index (χ3v) is 33.5. The van der Waals surface area contributed by atoms with Gasteiger partial charge in [0.2, 0.25) is 0 Å². The Morgan fingerprint density at radius 1 is 0.269 bits per heavy atom. The molecule has 0 spiro atoms. The van der Waals surface area contributed by atoms with E-state index in [9.17, 15) is 0 Å². The molecule has 119 heavy (non-hydrogen) atoms. The standard InChI is InChI=1S/C21H30.C16H24.C12H16.C10H14.4C10H20.16CH3.Hf.3Zr/c1-20(2,3)16-7-9-18-14(12-16)11-15-13-17(21(4,5)6)8-10-19(15)18;1-11(2)8-14-6-7-15-9-12-4-3-5-13(12)10-16(14)15;1-3-9-7-11-5-2-6-12(11)8-10(9)4-1;1-8-6-7-9-4-2-3-5-10(8)9;4*1-6-7(2)9(4)10(5)8(6)3;;;;;;;;;;;;;;;;;;;;/h7-10,12-15,18-19H,11H2,1-6H3;9-11,14-16H,3-8H2,1-2H3;7-10H,1-6H2;2-5,8-10H,6-7H2,1H3;4*6-10H,1-5H3;16*1H3;;;;/q;;;;;;;;16*-1;4*+4. The quantitative estimate of drug-likeness (QED) is 0.191. The van der Waals surface area contributed by atoms with Crippen molar-refractivity contribution in [2.45, 2.75) is 297 Å². The van der Waals surface area contributed by atoms with Crippen molar-refractivity contribution in [1.82, 2.24) is 0 Å². The summed E-state index contributed by atoms with van der Waals surface area (Å²) in [5.41, 5.74) is 10.4. The van der Waals surface area contributed by atoms with Crippen molar-refractivity contribution in [3.8, 4) is 0 Å². The van der Waals surface area contributed by atoms with Gasteiger partial charge in [-0.3, -0.25) is 0 Å². The number of hydrogen-bond donors (Lipinski definition) is 0. The molecule has 0 amide bonds. The van der Waals surface area contributed by atoms with Crippen LogP contribution in [-0.4, -0.2) is 0 Å². The molecule has 10 fully saturated rings. The van der Waals surface area contributed by atoms with E-state index in [1.165, 1.54) is 107 Å². The Kier molecular flexibility index (Phi) is 81.6. The second-order valence-corrected chi connectivity index (χ2v) is 40.9. The van der Waals surface area contributed by atoms with Crippen LogP contribution in [0.4, 0.5) is 0 Å². The van der Waals surface area contributed by atoms with Crippen LogP contribution < -0.4 is 0 Å². The van der Waals surface area contributed by atoms with Crippen molar-refractivity contribution < 1.29 is 104 Å². The van der Waals surface area contributed by atoms with Crippen LogP contribution in [0.5, 0.6) is 0 Å². The van der Waals surface area contributed by atoms with Gasteiger partial charge in [-0.05, 0) is 329 Å². The minimum Gasteiger partial charge on any atom is -0.358 e. The van der Waals surface area contributed by atoms with Crippen molar-refractivity contribution in [1.29, 1.82) is 0 Å². The second-order valence-electron chi connectivity index (χ2n) is 40.9. The molecule has 0 aromatic rings. The topological polar surface area (TPSA) is 0 Å². The van der Waals surface area contributed by atoms with Gasteiger partial charge in [0.15, 0.2) is 0 Å².